The van der Waals surface area contributed by atoms with Gasteiger partial charge in [0.25, 0.3) is 10.0 Å². The number of para-hydroxylation sites is 2. The van der Waals surface area contributed by atoms with Crippen molar-refractivity contribution in [2.75, 3.05) is 24.5 Å². The monoisotopic (exact) mass is 619 g/mol. The Labute approximate surface area is 252 Å². The van der Waals surface area contributed by atoms with Crippen molar-refractivity contribution in [1.29, 1.82) is 0 Å². The van der Waals surface area contributed by atoms with Gasteiger partial charge in [-0.25, -0.2) is 8.42 Å². The van der Waals surface area contributed by atoms with Gasteiger partial charge in [-0.1, -0.05) is 72.9 Å². The average Bonchev–Trinajstić information content (AvgIpc) is 2.96. The first-order valence-electron chi connectivity index (χ1n) is 13.3. The van der Waals surface area contributed by atoms with Crippen LogP contribution in [0.3, 0.4) is 0 Å². The molecule has 1 N–H and O–H groups in total. The number of ether oxygens (including phenoxy) is 1. The summed E-state index contributed by atoms with van der Waals surface area (Å²) in [6.07, 6.45) is 1.03. The number of sulfonamides is 1. The van der Waals surface area contributed by atoms with E-state index in [1.54, 1.807) is 61.5 Å². The van der Waals surface area contributed by atoms with Gasteiger partial charge in [-0.3, -0.25) is 13.9 Å². The summed E-state index contributed by atoms with van der Waals surface area (Å²) in [7, 11) is -2.79. The lowest BCUT2D eigenvalue weighted by Gasteiger charge is -2.33. The number of carbonyl (C=O) groups excluding carboxylic acids is 2. The Morgan fingerprint density at radius 1 is 0.976 bits per heavy atom. The molecule has 3 rings (SSSR count). The Balaban J connectivity index is 2.10. The number of anilines is 1. The molecule has 3 aromatic carbocycles. The fourth-order valence-electron chi connectivity index (χ4n) is 4.31. The molecular weight excluding hydrogens is 585 g/mol. The van der Waals surface area contributed by atoms with Crippen molar-refractivity contribution in [3.63, 3.8) is 0 Å². The Morgan fingerprint density at radius 2 is 1.66 bits per heavy atom. The largest absolute Gasteiger partial charge is 0.495 e. The molecule has 11 heteroatoms. The number of nitrogens with one attached hydrogen (secondary N) is 1. The highest BCUT2D eigenvalue weighted by molar-refractivity contribution is 7.92. The lowest BCUT2D eigenvalue weighted by molar-refractivity contribution is -0.140. The second-order valence-electron chi connectivity index (χ2n) is 9.48. The molecule has 0 spiro atoms. The van der Waals surface area contributed by atoms with Gasteiger partial charge in [0, 0.05) is 13.1 Å². The van der Waals surface area contributed by atoms with Crippen LogP contribution in [0.5, 0.6) is 5.75 Å². The van der Waals surface area contributed by atoms with E-state index in [1.165, 1.54) is 24.1 Å². The molecule has 220 valence electrons. The maximum absolute atomic E-state index is 14.1. The van der Waals surface area contributed by atoms with Gasteiger partial charge in [0.2, 0.25) is 11.8 Å². The summed E-state index contributed by atoms with van der Waals surface area (Å²) in [5, 5.41) is 3.52. The Kier molecular flexibility index (Phi) is 11.5. The minimum absolute atomic E-state index is 0.0120. The fraction of sp³-hybridized carbons (Fsp3) is 0.333. The summed E-state index contributed by atoms with van der Waals surface area (Å²) >= 11 is 12.3. The molecular formula is C30H35Cl2N3O5S. The maximum Gasteiger partial charge on any atom is 0.264 e. The van der Waals surface area contributed by atoms with Crippen molar-refractivity contribution in [2.45, 2.75) is 51.1 Å². The van der Waals surface area contributed by atoms with E-state index in [0.717, 1.165) is 16.3 Å². The normalized spacial score (nSPS) is 12.0. The first-order valence-corrected chi connectivity index (χ1v) is 15.5. The number of hydrogen-bond acceptors (Lipinski definition) is 5. The molecule has 0 aliphatic heterocycles. The van der Waals surface area contributed by atoms with Crippen molar-refractivity contribution < 1.29 is 22.7 Å². The van der Waals surface area contributed by atoms with Gasteiger partial charge in [-0.05, 0) is 61.7 Å². The molecule has 0 unspecified atom stereocenters. The predicted molar refractivity (Wildman–Crippen MR) is 163 cm³/mol. The quantitative estimate of drug-likeness (QED) is 0.259. The lowest BCUT2D eigenvalue weighted by Crippen LogP contribution is -2.52. The highest BCUT2D eigenvalue weighted by Crippen LogP contribution is 2.33. The van der Waals surface area contributed by atoms with Crippen LogP contribution in [0.25, 0.3) is 0 Å². The number of aryl methyl sites for hydroxylation is 1. The van der Waals surface area contributed by atoms with E-state index in [-0.39, 0.29) is 28.8 Å². The molecule has 0 fully saturated rings. The first kappa shape index (κ1) is 32.2. The Bertz CT molecular complexity index is 1470. The van der Waals surface area contributed by atoms with Crippen molar-refractivity contribution in [3.05, 3.63) is 87.9 Å². The summed E-state index contributed by atoms with van der Waals surface area (Å²) in [4.78, 5) is 28.7. The number of benzene rings is 3. The molecule has 0 saturated heterocycles. The van der Waals surface area contributed by atoms with E-state index in [0.29, 0.717) is 28.6 Å². The van der Waals surface area contributed by atoms with E-state index in [2.05, 4.69) is 5.32 Å². The van der Waals surface area contributed by atoms with Gasteiger partial charge < -0.3 is 15.0 Å². The van der Waals surface area contributed by atoms with Crippen molar-refractivity contribution in [3.8, 4) is 5.75 Å². The predicted octanol–water partition coefficient (Wildman–Crippen LogP) is 5.84. The molecule has 0 bridgehead atoms. The topological polar surface area (TPSA) is 96.0 Å². The van der Waals surface area contributed by atoms with Crippen molar-refractivity contribution in [2.24, 2.45) is 0 Å². The van der Waals surface area contributed by atoms with E-state index in [4.69, 9.17) is 27.9 Å². The number of carbonyl (C=O) groups is 2. The smallest absolute Gasteiger partial charge is 0.264 e. The summed E-state index contributed by atoms with van der Waals surface area (Å²) in [6.45, 7) is 5.47. The molecule has 0 aliphatic rings. The highest BCUT2D eigenvalue weighted by atomic mass is 35.5. The van der Waals surface area contributed by atoms with E-state index in [1.807, 2.05) is 13.8 Å². The van der Waals surface area contributed by atoms with Gasteiger partial charge >= 0.3 is 0 Å². The molecule has 1 atom stereocenters. The molecule has 41 heavy (non-hydrogen) atoms. The second kappa shape index (κ2) is 14.6. The second-order valence-corrected chi connectivity index (χ2v) is 12.2. The van der Waals surface area contributed by atoms with Crippen LogP contribution < -0.4 is 14.4 Å². The van der Waals surface area contributed by atoms with Crippen LogP contribution in [0.15, 0.2) is 71.6 Å². The van der Waals surface area contributed by atoms with Gasteiger partial charge in [0.15, 0.2) is 0 Å². The SMILES string of the molecule is CCCNC(=O)[C@H](CC)N(Cc1ccc(Cl)c(Cl)c1)C(=O)CN(c1ccccc1OC)S(=O)(=O)c1ccc(C)cc1. The fourth-order valence-corrected chi connectivity index (χ4v) is 6.05. The number of rotatable bonds is 13. The zero-order valence-electron chi connectivity index (χ0n) is 23.6. The third-order valence-corrected chi connectivity index (χ3v) is 9.03. The summed E-state index contributed by atoms with van der Waals surface area (Å²) in [5.41, 5.74) is 1.72. The van der Waals surface area contributed by atoms with Crippen molar-refractivity contribution in [1.82, 2.24) is 10.2 Å². The molecule has 0 aromatic heterocycles. The van der Waals surface area contributed by atoms with Crippen LogP contribution in [0, 0.1) is 6.92 Å². The third-order valence-electron chi connectivity index (χ3n) is 6.51. The Hall–Kier alpha value is -3.27. The van der Waals surface area contributed by atoms with Crippen LogP contribution in [0.2, 0.25) is 10.0 Å². The summed E-state index contributed by atoms with van der Waals surface area (Å²) < 4.78 is 34.5. The van der Waals surface area contributed by atoms with Crippen molar-refractivity contribution >= 4 is 50.7 Å². The number of halogens is 2. The zero-order chi connectivity index (χ0) is 30.2. The minimum atomic E-state index is -4.22. The molecule has 0 aliphatic carbocycles. The third kappa shape index (κ3) is 7.93. The lowest BCUT2D eigenvalue weighted by atomic mass is 10.1. The number of amides is 2. The summed E-state index contributed by atoms with van der Waals surface area (Å²) in [6, 6.07) is 17.1. The first-order chi connectivity index (χ1) is 19.5. The van der Waals surface area contributed by atoms with E-state index >= 15 is 0 Å². The number of nitrogens with zero attached hydrogens (tertiary/aromatic N) is 2. The molecule has 0 radical (unpaired) electrons. The number of hydrogen-bond donors (Lipinski definition) is 1. The van der Waals surface area contributed by atoms with E-state index in [9.17, 15) is 18.0 Å². The molecule has 3 aromatic rings. The molecule has 2 amide bonds. The minimum Gasteiger partial charge on any atom is -0.495 e. The van der Waals surface area contributed by atoms with Crippen LogP contribution in [-0.2, 0) is 26.2 Å². The van der Waals surface area contributed by atoms with Crippen LogP contribution in [-0.4, -0.2) is 51.4 Å². The van der Waals surface area contributed by atoms with Crippen LogP contribution in [0.1, 0.15) is 37.8 Å². The van der Waals surface area contributed by atoms with Gasteiger partial charge in [0.1, 0.15) is 18.3 Å². The summed E-state index contributed by atoms with van der Waals surface area (Å²) in [5.74, 6) is -0.621. The Morgan fingerprint density at radius 3 is 2.27 bits per heavy atom. The maximum atomic E-state index is 14.1. The van der Waals surface area contributed by atoms with Gasteiger partial charge in [-0.15, -0.1) is 0 Å². The van der Waals surface area contributed by atoms with Gasteiger partial charge in [0.05, 0.1) is 27.7 Å². The van der Waals surface area contributed by atoms with Gasteiger partial charge in [-0.2, -0.15) is 0 Å². The highest BCUT2D eigenvalue weighted by Gasteiger charge is 2.34. The zero-order valence-corrected chi connectivity index (χ0v) is 25.9. The standard InChI is InChI=1S/C30H35Cl2N3O5S/c1-5-17-33-30(37)26(6-2)34(19-22-13-16-24(31)25(32)18-22)29(36)20-35(27-9-7-8-10-28(27)40-4)41(38,39)23-14-11-21(3)12-15-23/h7-16,18,26H,5-6,17,19-20H2,1-4H3,(H,33,37)/t26-/m0/s1. The average molecular weight is 621 g/mol. The molecule has 8 nitrogen and oxygen atoms in total. The van der Waals surface area contributed by atoms with E-state index < -0.39 is 28.5 Å². The van der Waals surface area contributed by atoms with Crippen LogP contribution in [0.4, 0.5) is 5.69 Å². The molecule has 0 heterocycles. The number of methoxy groups -OCH3 is 1. The molecule has 0 saturated carbocycles. The van der Waals surface area contributed by atoms with Crippen LogP contribution >= 0.6 is 23.2 Å².